The third kappa shape index (κ3) is 1.18. The highest BCUT2D eigenvalue weighted by Gasteiger charge is 2.11. The van der Waals surface area contributed by atoms with Gasteiger partial charge in [0, 0.05) is 6.42 Å². The van der Waals surface area contributed by atoms with Gasteiger partial charge >= 0.3 is 0 Å². The van der Waals surface area contributed by atoms with E-state index in [1.807, 2.05) is 18.2 Å². The van der Waals surface area contributed by atoms with E-state index in [1.54, 1.807) is 0 Å². The van der Waals surface area contributed by atoms with E-state index < -0.39 is 0 Å². The van der Waals surface area contributed by atoms with Gasteiger partial charge in [0.25, 0.3) is 0 Å². The number of hydrogen-bond donors (Lipinski definition) is 0. The van der Waals surface area contributed by atoms with Gasteiger partial charge in [0.15, 0.2) is 0 Å². The molecule has 0 fully saturated rings. The van der Waals surface area contributed by atoms with Crippen molar-refractivity contribution >= 4 is 0 Å². The Labute approximate surface area is 70.3 Å². The molecule has 0 N–H and O–H groups in total. The lowest BCUT2D eigenvalue weighted by Crippen LogP contribution is -1.85. The van der Waals surface area contributed by atoms with Crippen LogP contribution in [0.25, 0.3) is 0 Å². The summed E-state index contributed by atoms with van der Waals surface area (Å²) in [7, 11) is 0. The van der Waals surface area contributed by atoms with E-state index in [0.29, 0.717) is 0 Å². The van der Waals surface area contributed by atoms with Crippen molar-refractivity contribution in [1.82, 2.24) is 0 Å². The second-order valence-electron chi connectivity index (χ2n) is 2.83. The molecule has 2 rings (SSSR count). The molecule has 1 aromatic rings. The Morgan fingerprint density at radius 3 is 3.25 bits per heavy atom. The summed E-state index contributed by atoms with van der Waals surface area (Å²) in [5.41, 5.74) is 2.16. The van der Waals surface area contributed by atoms with Crippen molar-refractivity contribution in [3.05, 3.63) is 34.2 Å². The maximum Gasteiger partial charge on any atom is 0.122 e. The van der Waals surface area contributed by atoms with Crippen molar-refractivity contribution in [2.75, 3.05) is 6.61 Å². The predicted octanol–water partition coefficient (Wildman–Crippen LogP) is 1.89. The topological polar surface area (TPSA) is 38.7 Å². The van der Waals surface area contributed by atoms with Gasteiger partial charge in [-0.3, -0.25) is 0 Å². The SMILES string of the molecule is O=NCc1ccc2c(c1)CCO2. The van der Waals surface area contributed by atoms with Gasteiger partial charge in [-0.1, -0.05) is 17.3 Å². The van der Waals surface area contributed by atoms with E-state index in [2.05, 4.69) is 5.18 Å². The Balaban J connectivity index is 2.32. The van der Waals surface area contributed by atoms with Crippen LogP contribution in [0.2, 0.25) is 0 Å². The highest BCUT2D eigenvalue weighted by Crippen LogP contribution is 2.25. The Bertz CT molecular complexity index is 309. The van der Waals surface area contributed by atoms with Crippen molar-refractivity contribution in [1.29, 1.82) is 0 Å². The smallest absolute Gasteiger partial charge is 0.122 e. The molecule has 0 atom stereocenters. The van der Waals surface area contributed by atoms with Gasteiger partial charge in [-0.25, -0.2) is 0 Å². The summed E-state index contributed by atoms with van der Waals surface area (Å²) in [5.74, 6) is 0.949. The van der Waals surface area contributed by atoms with Crippen molar-refractivity contribution in [3.63, 3.8) is 0 Å². The molecule has 3 nitrogen and oxygen atoms in total. The molecule has 1 aliphatic heterocycles. The predicted molar refractivity (Wildman–Crippen MR) is 45.1 cm³/mol. The number of rotatable bonds is 2. The fraction of sp³-hybridized carbons (Fsp3) is 0.333. The molecule has 0 saturated heterocycles. The first-order chi connectivity index (χ1) is 5.90. The van der Waals surface area contributed by atoms with Crippen LogP contribution in [0, 0.1) is 4.91 Å². The molecule has 0 amide bonds. The lowest BCUT2D eigenvalue weighted by atomic mass is 10.1. The average Bonchev–Trinajstić information content (AvgIpc) is 2.51. The van der Waals surface area contributed by atoms with E-state index in [1.165, 1.54) is 5.56 Å². The first kappa shape index (κ1) is 7.28. The van der Waals surface area contributed by atoms with E-state index in [0.717, 1.165) is 24.3 Å². The zero-order valence-electron chi connectivity index (χ0n) is 6.62. The fourth-order valence-corrected chi connectivity index (χ4v) is 1.41. The van der Waals surface area contributed by atoms with Crippen molar-refractivity contribution in [3.8, 4) is 5.75 Å². The highest BCUT2D eigenvalue weighted by molar-refractivity contribution is 5.39. The maximum absolute atomic E-state index is 9.99. The molecule has 1 heterocycles. The number of ether oxygens (including phenoxy) is 1. The van der Waals surface area contributed by atoms with Gasteiger partial charge in [-0.05, 0) is 17.2 Å². The summed E-state index contributed by atoms with van der Waals surface area (Å²) in [4.78, 5) is 9.99. The summed E-state index contributed by atoms with van der Waals surface area (Å²) in [6.45, 7) is 1.01. The third-order valence-corrected chi connectivity index (χ3v) is 2.00. The molecule has 0 aromatic heterocycles. The zero-order chi connectivity index (χ0) is 8.39. The minimum Gasteiger partial charge on any atom is -0.493 e. The summed E-state index contributed by atoms with van der Waals surface area (Å²) < 4.78 is 5.32. The molecule has 12 heavy (non-hydrogen) atoms. The number of hydrogen-bond acceptors (Lipinski definition) is 3. The minimum atomic E-state index is 0.257. The number of benzene rings is 1. The fourth-order valence-electron chi connectivity index (χ4n) is 1.41. The normalized spacial score (nSPS) is 13.7. The van der Waals surface area contributed by atoms with Gasteiger partial charge in [0.05, 0.1) is 6.61 Å². The first-order valence-corrected chi connectivity index (χ1v) is 3.94. The largest absolute Gasteiger partial charge is 0.493 e. The van der Waals surface area contributed by atoms with Gasteiger partial charge < -0.3 is 4.74 Å². The molecule has 0 saturated carbocycles. The Morgan fingerprint density at radius 1 is 1.50 bits per heavy atom. The first-order valence-electron chi connectivity index (χ1n) is 3.94. The van der Waals surface area contributed by atoms with Gasteiger partial charge in [0.1, 0.15) is 12.3 Å². The molecule has 0 bridgehead atoms. The summed E-state index contributed by atoms with van der Waals surface area (Å²) in [5, 5.41) is 2.84. The molecule has 0 spiro atoms. The maximum atomic E-state index is 9.99. The van der Waals surface area contributed by atoms with Crippen LogP contribution in [-0.2, 0) is 13.0 Å². The van der Waals surface area contributed by atoms with Crippen LogP contribution < -0.4 is 4.74 Å². The molecular formula is C9H9NO2. The van der Waals surface area contributed by atoms with Crippen LogP contribution in [-0.4, -0.2) is 6.61 Å². The number of nitrogens with zero attached hydrogens (tertiary/aromatic N) is 1. The molecule has 0 unspecified atom stereocenters. The second kappa shape index (κ2) is 2.93. The lowest BCUT2D eigenvalue weighted by molar-refractivity contribution is 0.357. The lowest BCUT2D eigenvalue weighted by Gasteiger charge is -1.99. The molecular weight excluding hydrogens is 154 g/mol. The Morgan fingerprint density at radius 2 is 2.42 bits per heavy atom. The monoisotopic (exact) mass is 163 g/mol. The summed E-state index contributed by atoms with van der Waals surface area (Å²) in [6, 6.07) is 5.78. The molecule has 0 radical (unpaired) electrons. The van der Waals surface area contributed by atoms with E-state index in [4.69, 9.17) is 4.74 Å². The van der Waals surface area contributed by atoms with Crippen LogP contribution in [0.15, 0.2) is 23.4 Å². The number of fused-ring (bicyclic) bond motifs is 1. The van der Waals surface area contributed by atoms with Crippen molar-refractivity contribution in [2.24, 2.45) is 5.18 Å². The second-order valence-corrected chi connectivity index (χ2v) is 2.83. The molecule has 0 aliphatic carbocycles. The van der Waals surface area contributed by atoms with E-state index in [-0.39, 0.29) is 6.54 Å². The summed E-state index contributed by atoms with van der Waals surface area (Å²) in [6.07, 6.45) is 0.946. The molecule has 3 heteroatoms. The van der Waals surface area contributed by atoms with Crippen molar-refractivity contribution in [2.45, 2.75) is 13.0 Å². The van der Waals surface area contributed by atoms with Gasteiger partial charge in [0.2, 0.25) is 0 Å². The zero-order valence-corrected chi connectivity index (χ0v) is 6.62. The average molecular weight is 163 g/mol. The third-order valence-electron chi connectivity index (χ3n) is 2.00. The molecule has 1 aliphatic rings. The standard InChI is InChI=1S/C9H9NO2/c11-10-6-7-1-2-9-8(5-7)3-4-12-9/h1-2,5H,3-4,6H2. The van der Waals surface area contributed by atoms with Gasteiger partial charge in [-0.2, -0.15) is 4.91 Å². The highest BCUT2D eigenvalue weighted by atomic mass is 16.5. The van der Waals surface area contributed by atoms with Crippen LogP contribution in [0.3, 0.4) is 0 Å². The molecule has 62 valence electrons. The quantitative estimate of drug-likeness (QED) is 0.624. The van der Waals surface area contributed by atoms with E-state index in [9.17, 15) is 4.91 Å². The van der Waals surface area contributed by atoms with Crippen LogP contribution in [0.1, 0.15) is 11.1 Å². The van der Waals surface area contributed by atoms with Gasteiger partial charge in [-0.15, -0.1) is 0 Å². The Kier molecular flexibility index (Phi) is 1.78. The van der Waals surface area contributed by atoms with Crippen LogP contribution >= 0.6 is 0 Å². The van der Waals surface area contributed by atoms with Crippen LogP contribution in [0.5, 0.6) is 5.75 Å². The molecule has 1 aromatic carbocycles. The number of nitroso groups, excluding NO2 is 1. The Hall–Kier alpha value is -1.38. The van der Waals surface area contributed by atoms with Crippen LogP contribution in [0.4, 0.5) is 0 Å². The van der Waals surface area contributed by atoms with E-state index >= 15 is 0 Å². The summed E-state index contributed by atoms with van der Waals surface area (Å²) >= 11 is 0. The van der Waals surface area contributed by atoms with Crippen molar-refractivity contribution < 1.29 is 4.74 Å². The minimum absolute atomic E-state index is 0.257.